The van der Waals surface area contributed by atoms with Crippen molar-refractivity contribution in [2.24, 2.45) is 0 Å². The lowest BCUT2D eigenvalue weighted by Crippen LogP contribution is -2.26. The number of hydrogen-bond acceptors (Lipinski definition) is 4. The van der Waals surface area contributed by atoms with Gasteiger partial charge in [0.1, 0.15) is 0 Å². The van der Waals surface area contributed by atoms with E-state index in [1.165, 1.54) is 7.11 Å². The summed E-state index contributed by atoms with van der Waals surface area (Å²) in [6.07, 6.45) is 0. The first-order valence-electron chi connectivity index (χ1n) is 5.27. The van der Waals surface area contributed by atoms with Crippen LogP contribution in [0.2, 0.25) is 0 Å². The van der Waals surface area contributed by atoms with Gasteiger partial charge in [0.25, 0.3) is 0 Å². The summed E-state index contributed by atoms with van der Waals surface area (Å²) >= 11 is 0. The Bertz CT molecular complexity index is 335. The van der Waals surface area contributed by atoms with Crippen molar-refractivity contribution in [1.29, 1.82) is 0 Å². The third-order valence-electron chi connectivity index (χ3n) is 2.41. The Hall–Kier alpha value is -1.55. The van der Waals surface area contributed by atoms with E-state index < -0.39 is 0 Å². The zero-order chi connectivity index (χ0) is 12.0. The molecule has 0 saturated heterocycles. The molecule has 0 atom stereocenters. The van der Waals surface area contributed by atoms with Gasteiger partial charge < -0.3 is 14.7 Å². The normalized spacial score (nSPS) is 9.94. The van der Waals surface area contributed by atoms with Crippen molar-refractivity contribution < 1.29 is 14.6 Å². The number of rotatable bonds is 5. The number of aliphatic hydroxyl groups is 1. The van der Waals surface area contributed by atoms with E-state index >= 15 is 0 Å². The molecular weight excluding hydrogens is 206 g/mol. The molecule has 16 heavy (non-hydrogen) atoms. The van der Waals surface area contributed by atoms with Gasteiger partial charge in [0.2, 0.25) is 0 Å². The predicted molar refractivity (Wildman–Crippen MR) is 62.8 cm³/mol. The van der Waals surface area contributed by atoms with E-state index in [0.29, 0.717) is 12.1 Å². The van der Waals surface area contributed by atoms with Crippen LogP contribution in [0, 0.1) is 0 Å². The van der Waals surface area contributed by atoms with E-state index in [-0.39, 0.29) is 12.6 Å². The van der Waals surface area contributed by atoms with Gasteiger partial charge in [0.15, 0.2) is 0 Å². The zero-order valence-corrected chi connectivity index (χ0v) is 9.64. The minimum Gasteiger partial charge on any atom is -0.465 e. The average molecular weight is 223 g/mol. The van der Waals surface area contributed by atoms with Crippen LogP contribution in [0.15, 0.2) is 24.3 Å². The molecule has 1 aromatic carbocycles. The fourth-order valence-electron chi connectivity index (χ4n) is 1.52. The van der Waals surface area contributed by atoms with Gasteiger partial charge in [-0.15, -0.1) is 0 Å². The Morgan fingerprint density at radius 3 is 2.44 bits per heavy atom. The lowest BCUT2D eigenvalue weighted by molar-refractivity contribution is 0.0601. The zero-order valence-electron chi connectivity index (χ0n) is 9.64. The molecule has 0 spiro atoms. The SMILES string of the molecule is CCN(CCO)c1ccc(C(=O)OC)cc1. The molecule has 0 saturated carbocycles. The van der Waals surface area contributed by atoms with Crippen molar-refractivity contribution in [1.82, 2.24) is 0 Å². The van der Waals surface area contributed by atoms with Crippen molar-refractivity contribution >= 4 is 11.7 Å². The van der Waals surface area contributed by atoms with E-state index in [4.69, 9.17) is 5.11 Å². The molecule has 1 aromatic rings. The Balaban J connectivity index is 2.80. The van der Waals surface area contributed by atoms with Gasteiger partial charge >= 0.3 is 5.97 Å². The number of carbonyl (C=O) groups excluding carboxylic acids is 1. The van der Waals surface area contributed by atoms with Gasteiger partial charge in [-0.25, -0.2) is 4.79 Å². The van der Waals surface area contributed by atoms with Crippen LogP contribution < -0.4 is 4.90 Å². The minimum absolute atomic E-state index is 0.118. The monoisotopic (exact) mass is 223 g/mol. The molecule has 0 aliphatic heterocycles. The van der Waals surface area contributed by atoms with Gasteiger partial charge in [-0.05, 0) is 31.2 Å². The van der Waals surface area contributed by atoms with Crippen LogP contribution in [0.3, 0.4) is 0 Å². The number of aliphatic hydroxyl groups excluding tert-OH is 1. The fourth-order valence-corrected chi connectivity index (χ4v) is 1.52. The second kappa shape index (κ2) is 6.12. The summed E-state index contributed by atoms with van der Waals surface area (Å²) in [6.45, 7) is 3.54. The summed E-state index contributed by atoms with van der Waals surface area (Å²) in [5.41, 5.74) is 1.52. The molecule has 4 nitrogen and oxygen atoms in total. The highest BCUT2D eigenvalue weighted by atomic mass is 16.5. The summed E-state index contributed by atoms with van der Waals surface area (Å²) in [6, 6.07) is 7.15. The predicted octanol–water partition coefficient (Wildman–Crippen LogP) is 1.29. The van der Waals surface area contributed by atoms with Crippen LogP contribution in [0.25, 0.3) is 0 Å². The van der Waals surface area contributed by atoms with Crippen molar-refractivity contribution in [3.63, 3.8) is 0 Å². The third-order valence-corrected chi connectivity index (χ3v) is 2.41. The van der Waals surface area contributed by atoms with Crippen LogP contribution in [0.5, 0.6) is 0 Å². The molecular formula is C12H17NO3. The second-order valence-corrected chi connectivity index (χ2v) is 3.34. The molecule has 0 bridgehead atoms. The number of likely N-dealkylation sites (N-methyl/N-ethyl adjacent to an activating group) is 1. The molecule has 1 N–H and O–H groups in total. The molecule has 4 heteroatoms. The van der Waals surface area contributed by atoms with E-state index in [1.54, 1.807) is 12.1 Å². The Morgan fingerprint density at radius 2 is 2.00 bits per heavy atom. The topological polar surface area (TPSA) is 49.8 Å². The highest BCUT2D eigenvalue weighted by Crippen LogP contribution is 2.15. The van der Waals surface area contributed by atoms with Gasteiger partial charge in [0.05, 0.1) is 19.3 Å². The number of hydrogen-bond donors (Lipinski definition) is 1. The van der Waals surface area contributed by atoms with Gasteiger partial charge in [-0.2, -0.15) is 0 Å². The van der Waals surface area contributed by atoms with Crippen molar-refractivity contribution in [2.45, 2.75) is 6.92 Å². The number of esters is 1. The third kappa shape index (κ3) is 2.97. The summed E-state index contributed by atoms with van der Waals surface area (Å²) in [4.78, 5) is 13.2. The first kappa shape index (κ1) is 12.5. The molecule has 0 radical (unpaired) electrons. The number of nitrogens with zero attached hydrogens (tertiary/aromatic N) is 1. The van der Waals surface area contributed by atoms with Crippen LogP contribution in [0.1, 0.15) is 17.3 Å². The molecule has 0 aliphatic rings. The Kier molecular flexibility index (Phi) is 4.79. The highest BCUT2D eigenvalue weighted by molar-refractivity contribution is 5.89. The van der Waals surface area contributed by atoms with Gasteiger partial charge in [0, 0.05) is 18.8 Å². The standard InChI is InChI=1S/C12H17NO3/c1-3-13(8-9-14)11-6-4-10(5-7-11)12(15)16-2/h4-7,14H,3,8-9H2,1-2H3. The van der Waals surface area contributed by atoms with Crippen molar-refractivity contribution in [3.05, 3.63) is 29.8 Å². The Labute approximate surface area is 95.5 Å². The molecule has 0 unspecified atom stereocenters. The van der Waals surface area contributed by atoms with Gasteiger partial charge in [-0.1, -0.05) is 0 Å². The molecule has 0 fully saturated rings. The van der Waals surface area contributed by atoms with Crippen LogP contribution in [-0.2, 0) is 4.74 Å². The highest BCUT2D eigenvalue weighted by Gasteiger charge is 2.07. The summed E-state index contributed by atoms with van der Waals surface area (Å²) in [5.74, 6) is -0.336. The van der Waals surface area contributed by atoms with Crippen molar-refractivity contribution in [3.8, 4) is 0 Å². The van der Waals surface area contributed by atoms with Crippen LogP contribution in [-0.4, -0.2) is 37.9 Å². The van der Waals surface area contributed by atoms with E-state index in [9.17, 15) is 4.79 Å². The van der Waals surface area contributed by atoms with Crippen molar-refractivity contribution in [2.75, 3.05) is 31.7 Å². The number of anilines is 1. The average Bonchev–Trinajstić information content (AvgIpc) is 2.35. The van der Waals surface area contributed by atoms with Gasteiger partial charge in [-0.3, -0.25) is 0 Å². The molecule has 0 amide bonds. The van der Waals surface area contributed by atoms with E-state index in [2.05, 4.69) is 4.74 Å². The summed E-state index contributed by atoms with van der Waals surface area (Å²) in [5, 5.41) is 8.89. The second-order valence-electron chi connectivity index (χ2n) is 3.34. The quantitative estimate of drug-likeness (QED) is 0.764. The summed E-state index contributed by atoms with van der Waals surface area (Å²) < 4.78 is 4.62. The maximum absolute atomic E-state index is 11.2. The smallest absolute Gasteiger partial charge is 0.337 e. The van der Waals surface area contributed by atoms with Crippen LogP contribution in [0.4, 0.5) is 5.69 Å². The van der Waals surface area contributed by atoms with Crippen LogP contribution >= 0.6 is 0 Å². The maximum Gasteiger partial charge on any atom is 0.337 e. The molecule has 88 valence electrons. The minimum atomic E-state index is -0.336. The number of carbonyl (C=O) groups is 1. The first-order valence-corrected chi connectivity index (χ1v) is 5.27. The largest absolute Gasteiger partial charge is 0.465 e. The number of methoxy groups -OCH3 is 1. The lowest BCUT2D eigenvalue weighted by atomic mass is 10.2. The first-order chi connectivity index (χ1) is 7.72. The lowest BCUT2D eigenvalue weighted by Gasteiger charge is -2.21. The molecule has 1 rings (SSSR count). The molecule has 0 heterocycles. The molecule has 0 aliphatic carbocycles. The molecule has 0 aromatic heterocycles. The fraction of sp³-hybridized carbons (Fsp3) is 0.417. The summed E-state index contributed by atoms with van der Waals surface area (Å²) in [7, 11) is 1.36. The van der Waals surface area contributed by atoms with E-state index in [1.807, 2.05) is 24.0 Å². The Morgan fingerprint density at radius 1 is 1.38 bits per heavy atom. The number of ether oxygens (including phenoxy) is 1. The van der Waals surface area contributed by atoms with E-state index in [0.717, 1.165) is 12.2 Å². The number of benzene rings is 1. The maximum atomic E-state index is 11.2.